The molecule has 3 rings (SSSR count). The molecule has 1 heterocycles. The van der Waals surface area contributed by atoms with E-state index in [-0.39, 0.29) is 30.3 Å². The third-order valence-electron chi connectivity index (χ3n) is 4.31. The van der Waals surface area contributed by atoms with Gasteiger partial charge in [0.1, 0.15) is 18.2 Å². The zero-order valence-corrected chi connectivity index (χ0v) is 14.9. The first-order chi connectivity index (χ1) is 12.6. The van der Waals surface area contributed by atoms with Crippen LogP contribution in [-0.4, -0.2) is 32.3 Å². The summed E-state index contributed by atoms with van der Waals surface area (Å²) in [6.45, 7) is 2.80. The second-order valence-corrected chi connectivity index (χ2v) is 6.50. The van der Waals surface area contributed by atoms with E-state index in [2.05, 4.69) is 10.6 Å². The molecule has 0 aliphatic carbocycles. The molecule has 5 nitrogen and oxygen atoms in total. The van der Waals surface area contributed by atoms with Gasteiger partial charge in [-0.25, -0.2) is 4.39 Å². The molecule has 0 spiro atoms. The van der Waals surface area contributed by atoms with E-state index in [4.69, 9.17) is 9.47 Å². The molecule has 2 N–H and O–H groups in total. The molecule has 6 heteroatoms. The molecule has 0 aromatic heterocycles. The van der Waals surface area contributed by atoms with Crippen molar-refractivity contribution in [3.63, 3.8) is 0 Å². The monoisotopic (exact) mass is 358 g/mol. The molecule has 1 amide bonds. The van der Waals surface area contributed by atoms with E-state index in [0.29, 0.717) is 24.5 Å². The van der Waals surface area contributed by atoms with E-state index in [0.717, 1.165) is 11.3 Å². The molecular weight excluding hydrogens is 335 g/mol. The second kappa shape index (κ2) is 8.19. The first kappa shape index (κ1) is 18.2. The quantitative estimate of drug-likeness (QED) is 0.830. The zero-order chi connectivity index (χ0) is 18.5. The minimum Gasteiger partial charge on any atom is -0.492 e. The van der Waals surface area contributed by atoms with Gasteiger partial charge in [0.15, 0.2) is 0 Å². The highest BCUT2D eigenvalue weighted by Gasteiger charge is 2.26. The number of nitrogens with one attached hydrogen (secondary N) is 2. The maximum atomic E-state index is 13.3. The van der Waals surface area contributed by atoms with Gasteiger partial charge in [-0.15, -0.1) is 0 Å². The van der Waals surface area contributed by atoms with Crippen LogP contribution in [0.4, 0.5) is 15.8 Å². The fraction of sp³-hybridized carbons (Fsp3) is 0.350. The normalized spacial score (nSPS) is 17.0. The number of amides is 1. The predicted octanol–water partition coefficient (Wildman–Crippen LogP) is 3.46. The molecule has 0 saturated carbocycles. The van der Waals surface area contributed by atoms with Crippen LogP contribution >= 0.6 is 0 Å². The van der Waals surface area contributed by atoms with Crippen LogP contribution in [0.5, 0.6) is 5.75 Å². The Bertz CT molecular complexity index is 781. The third kappa shape index (κ3) is 4.32. The van der Waals surface area contributed by atoms with E-state index in [1.165, 1.54) is 12.1 Å². The summed E-state index contributed by atoms with van der Waals surface area (Å²) in [6.07, 6.45) is 0.525. The van der Waals surface area contributed by atoms with Gasteiger partial charge >= 0.3 is 0 Å². The lowest BCUT2D eigenvalue weighted by Crippen LogP contribution is -2.33. The summed E-state index contributed by atoms with van der Waals surface area (Å²) < 4.78 is 24.0. The highest BCUT2D eigenvalue weighted by atomic mass is 19.1. The van der Waals surface area contributed by atoms with Gasteiger partial charge in [0.05, 0.1) is 23.9 Å². The molecule has 0 fully saturated rings. The smallest absolute Gasteiger partial charge is 0.231 e. The number of halogens is 1. The molecule has 2 unspecified atom stereocenters. The lowest BCUT2D eigenvalue weighted by atomic mass is 9.96. The Labute approximate surface area is 152 Å². The van der Waals surface area contributed by atoms with E-state index in [1.807, 2.05) is 31.2 Å². The number of para-hydroxylation sites is 2. The second-order valence-electron chi connectivity index (χ2n) is 6.50. The Morgan fingerprint density at radius 3 is 2.85 bits per heavy atom. The van der Waals surface area contributed by atoms with Gasteiger partial charge in [0.2, 0.25) is 5.91 Å². The van der Waals surface area contributed by atoms with Crippen molar-refractivity contribution in [2.45, 2.75) is 19.4 Å². The van der Waals surface area contributed by atoms with Crippen molar-refractivity contribution in [3.8, 4) is 5.75 Å². The Morgan fingerprint density at radius 1 is 1.31 bits per heavy atom. The van der Waals surface area contributed by atoms with Crippen molar-refractivity contribution in [2.75, 3.05) is 31.0 Å². The summed E-state index contributed by atoms with van der Waals surface area (Å²) in [5, 5.41) is 6.30. The first-order valence-corrected chi connectivity index (χ1v) is 8.63. The third-order valence-corrected chi connectivity index (χ3v) is 4.31. The molecule has 0 saturated heterocycles. The number of fused-ring (bicyclic) bond motifs is 1. The van der Waals surface area contributed by atoms with Crippen LogP contribution in [0.2, 0.25) is 0 Å². The number of rotatable bonds is 6. The highest BCUT2D eigenvalue weighted by molar-refractivity contribution is 5.96. The van der Waals surface area contributed by atoms with Gasteiger partial charge in [0, 0.05) is 19.2 Å². The molecule has 0 bridgehead atoms. The Hall–Kier alpha value is -2.60. The van der Waals surface area contributed by atoms with Crippen molar-refractivity contribution in [1.29, 1.82) is 0 Å². The number of ether oxygens (including phenoxy) is 2. The van der Waals surface area contributed by atoms with Crippen LogP contribution in [0.15, 0.2) is 42.5 Å². The Balaban J connectivity index is 1.68. The van der Waals surface area contributed by atoms with E-state index >= 15 is 0 Å². The Kier molecular flexibility index (Phi) is 5.73. The molecular formula is C20H23FN2O3. The number of anilines is 2. The maximum absolute atomic E-state index is 13.3. The van der Waals surface area contributed by atoms with Crippen LogP contribution < -0.4 is 15.4 Å². The van der Waals surface area contributed by atoms with Gasteiger partial charge in [0.25, 0.3) is 0 Å². The lowest BCUT2D eigenvalue weighted by Gasteiger charge is -2.25. The van der Waals surface area contributed by atoms with Crippen LogP contribution in [0.25, 0.3) is 0 Å². The van der Waals surface area contributed by atoms with Gasteiger partial charge in [-0.3, -0.25) is 4.79 Å². The zero-order valence-electron chi connectivity index (χ0n) is 14.9. The number of carbonyl (C=O) groups is 1. The molecule has 2 aromatic carbocycles. The summed E-state index contributed by atoms with van der Waals surface area (Å²) in [5.41, 5.74) is 2.40. The molecule has 2 aromatic rings. The van der Waals surface area contributed by atoms with Crippen LogP contribution in [0, 0.1) is 11.7 Å². The summed E-state index contributed by atoms with van der Waals surface area (Å²) in [6, 6.07) is 12.1. The molecule has 2 atom stereocenters. The number of benzene rings is 2. The highest BCUT2D eigenvalue weighted by Crippen LogP contribution is 2.29. The fourth-order valence-corrected chi connectivity index (χ4v) is 3.02. The van der Waals surface area contributed by atoms with Gasteiger partial charge < -0.3 is 20.1 Å². The average Bonchev–Trinajstić information content (AvgIpc) is 2.63. The minimum absolute atomic E-state index is 0.109. The average molecular weight is 358 g/mol. The van der Waals surface area contributed by atoms with Crippen LogP contribution in [0.3, 0.4) is 0 Å². The number of hydrogen-bond donors (Lipinski definition) is 2. The maximum Gasteiger partial charge on any atom is 0.231 e. The lowest BCUT2D eigenvalue weighted by molar-refractivity contribution is -0.121. The molecule has 138 valence electrons. The standard InChI is InChI=1S/C20H23FN2O3/c1-13(11-25-2)22-17-5-3-4-6-18(17)23-20(24)15-9-14-7-8-16(21)10-19(14)26-12-15/h3-8,10,13,15,22H,9,11-12H2,1-2H3,(H,23,24). The van der Waals surface area contributed by atoms with Crippen molar-refractivity contribution >= 4 is 17.3 Å². The number of hydrogen-bond acceptors (Lipinski definition) is 4. The summed E-state index contributed by atoms with van der Waals surface area (Å²) in [7, 11) is 1.65. The SMILES string of the molecule is COCC(C)Nc1ccccc1NC(=O)C1COc2cc(F)ccc2C1. The summed E-state index contributed by atoms with van der Waals surface area (Å²) in [5.74, 6) is -0.257. The number of carbonyl (C=O) groups excluding carboxylic acids is 1. The molecule has 0 radical (unpaired) electrons. The molecule has 1 aliphatic heterocycles. The summed E-state index contributed by atoms with van der Waals surface area (Å²) in [4.78, 5) is 12.7. The molecule has 1 aliphatic rings. The van der Waals surface area contributed by atoms with E-state index in [1.54, 1.807) is 13.2 Å². The van der Waals surface area contributed by atoms with Crippen molar-refractivity contribution in [1.82, 2.24) is 0 Å². The van der Waals surface area contributed by atoms with Gasteiger partial charge in [-0.1, -0.05) is 18.2 Å². The van der Waals surface area contributed by atoms with Crippen molar-refractivity contribution in [3.05, 3.63) is 53.8 Å². The Morgan fingerprint density at radius 2 is 2.08 bits per heavy atom. The first-order valence-electron chi connectivity index (χ1n) is 8.63. The van der Waals surface area contributed by atoms with Gasteiger partial charge in [-0.2, -0.15) is 0 Å². The van der Waals surface area contributed by atoms with Crippen molar-refractivity contribution < 1.29 is 18.7 Å². The van der Waals surface area contributed by atoms with Crippen LogP contribution in [0.1, 0.15) is 12.5 Å². The van der Waals surface area contributed by atoms with Crippen LogP contribution in [-0.2, 0) is 16.0 Å². The van der Waals surface area contributed by atoms with Gasteiger partial charge in [-0.05, 0) is 37.1 Å². The number of methoxy groups -OCH3 is 1. The predicted molar refractivity (Wildman–Crippen MR) is 99.1 cm³/mol. The van der Waals surface area contributed by atoms with Crippen molar-refractivity contribution in [2.24, 2.45) is 5.92 Å². The topological polar surface area (TPSA) is 59.6 Å². The fourth-order valence-electron chi connectivity index (χ4n) is 3.02. The minimum atomic E-state index is -0.336. The largest absolute Gasteiger partial charge is 0.492 e. The summed E-state index contributed by atoms with van der Waals surface area (Å²) >= 11 is 0. The van der Waals surface area contributed by atoms with E-state index < -0.39 is 0 Å². The van der Waals surface area contributed by atoms with E-state index in [9.17, 15) is 9.18 Å². The molecule has 26 heavy (non-hydrogen) atoms.